The van der Waals surface area contributed by atoms with Crippen molar-refractivity contribution in [3.63, 3.8) is 0 Å². The van der Waals surface area contributed by atoms with Gasteiger partial charge < -0.3 is 9.84 Å². The number of methoxy groups -OCH3 is 1. The third-order valence-corrected chi connectivity index (χ3v) is 3.26. The van der Waals surface area contributed by atoms with Crippen molar-refractivity contribution in [2.75, 3.05) is 7.11 Å². The van der Waals surface area contributed by atoms with Gasteiger partial charge in [0.1, 0.15) is 11.6 Å². The van der Waals surface area contributed by atoms with Crippen LogP contribution in [-0.2, 0) is 6.42 Å². The summed E-state index contributed by atoms with van der Waals surface area (Å²) in [5, 5.41) is 10.2. The molecule has 1 N–H and O–H groups in total. The van der Waals surface area contributed by atoms with Gasteiger partial charge in [0.25, 0.3) is 0 Å². The molecule has 5 heteroatoms. The van der Waals surface area contributed by atoms with Gasteiger partial charge in [-0.25, -0.2) is 4.39 Å². The number of benzene rings is 1. The Morgan fingerprint density at radius 2 is 2.21 bits per heavy atom. The zero-order valence-corrected chi connectivity index (χ0v) is 11.1. The lowest BCUT2D eigenvalue weighted by Gasteiger charge is -2.15. The van der Waals surface area contributed by atoms with Gasteiger partial charge in [0, 0.05) is 18.2 Å². The number of aliphatic hydroxyl groups is 1. The van der Waals surface area contributed by atoms with Crippen LogP contribution in [0.2, 0.25) is 5.02 Å². The molecule has 0 amide bonds. The Bertz CT molecular complexity index is 577. The number of aromatic nitrogens is 1. The first kappa shape index (κ1) is 13.8. The lowest BCUT2D eigenvalue weighted by molar-refractivity contribution is 0.173. The maximum Gasteiger partial charge on any atom is 0.142 e. The smallest absolute Gasteiger partial charge is 0.142 e. The normalized spacial score (nSPS) is 12.2. The van der Waals surface area contributed by atoms with E-state index in [-0.39, 0.29) is 11.4 Å². The molecule has 0 fully saturated rings. The van der Waals surface area contributed by atoms with Crippen molar-refractivity contribution in [1.82, 2.24) is 4.98 Å². The molecule has 0 aliphatic carbocycles. The summed E-state index contributed by atoms with van der Waals surface area (Å²) in [5.41, 5.74) is 1.14. The minimum Gasteiger partial charge on any atom is -0.495 e. The molecule has 1 atom stereocenters. The number of ether oxygens (including phenoxy) is 1. The van der Waals surface area contributed by atoms with E-state index in [1.54, 1.807) is 24.4 Å². The van der Waals surface area contributed by atoms with E-state index in [1.807, 2.05) is 0 Å². The molecule has 0 spiro atoms. The van der Waals surface area contributed by atoms with Gasteiger partial charge in [-0.2, -0.15) is 0 Å². The summed E-state index contributed by atoms with van der Waals surface area (Å²) < 4.78 is 18.5. The van der Waals surface area contributed by atoms with Crippen molar-refractivity contribution in [1.29, 1.82) is 0 Å². The van der Waals surface area contributed by atoms with Gasteiger partial charge >= 0.3 is 0 Å². The van der Waals surface area contributed by atoms with E-state index in [9.17, 15) is 9.50 Å². The zero-order valence-electron chi connectivity index (χ0n) is 10.3. The van der Waals surface area contributed by atoms with Crippen LogP contribution in [0.25, 0.3) is 0 Å². The number of hydrogen-bond donors (Lipinski definition) is 1. The molecule has 0 aliphatic heterocycles. The third kappa shape index (κ3) is 3.03. The van der Waals surface area contributed by atoms with Crippen LogP contribution in [0.4, 0.5) is 4.39 Å². The fraction of sp³-hybridized carbons (Fsp3) is 0.214. The molecular weight excluding hydrogens is 269 g/mol. The van der Waals surface area contributed by atoms with Crippen LogP contribution in [0, 0.1) is 5.82 Å². The Hall–Kier alpha value is -1.65. The van der Waals surface area contributed by atoms with Crippen LogP contribution in [0.15, 0.2) is 36.7 Å². The van der Waals surface area contributed by atoms with Crippen LogP contribution in [0.5, 0.6) is 5.75 Å². The molecular formula is C14H13ClFNO2. The highest BCUT2D eigenvalue weighted by atomic mass is 35.5. The number of halogens is 2. The molecule has 2 rings (SSSR count). The van der Waals surface area contributed by atoms with Crippen LogP contribution in [0.3, 0.4) is 0 Å². The largest absolute Gasteiger partial charge is 0.495 e. The van der Waals surface area contributed by atoms with Crippen LogP contribution in [0.1, 0.15) is 17.2 Å². The lowest BCUT2D eigenvalue weighted by Crippen LogP contribution is -2.05. The second-order valence-electron chi connectivity index (χ2n) is 4.05. The Balaban J connectivity index is 2.26. The first-order valence-corrected chi connectivity index (χ1v) is 6.10. The summed E-state index contributed by atoms with van der Waals surface area (Å²) in [5.74, 6) is -0.00409. The summed E-state index contributed by atoms with van der Waals surface area (Å²) in [6.45, 7) is 0. The predicted octanol–water partition coefficient (Wildman–Crippen LogP) is 3.16. The molecule has 0 aliphatic rings. The molecule has 0 saturated carbocycles. The standard InChI is InChI=1S/C14H13ClFNO2/c1-19-13-8-17-6-5-10(13)12(18)7-9-3-2-4-11(16)14(9)15/h2-6,8,12,18H,7H2,1H3. The molecule has 3 nitrogen and oxygen atoms in total. The molecule has 2 aromatic rings. The molecule has 1 aromatic heterocycles. The van der Waals surface area contributed by atoms with Crippen LogP contribution < -0.4 is 4.74 Å². The maximum atomic E-state index is 13.3. The van der Waals surface area contributed by atoms with Crippen LogP contribution in [-0.4, -0.2) is 17.2 Å². The Morgan fingerprint density at radius 3 is 2.95 bits per heavy atom. The predicted molar refractivity (Wildman–Crippen MR) is 70.9 cm³/mol. The quantitative estimate of drug-likeness (QED) is 0.936. The SMILES string of the molecule is COc1cnccc1C(O)Cc1cccc(F)c1Cl. The fourth-order valence-corrected chi connectivity index (χ4v) is 2.06. The first-order valence-electron chi connectivity index (χ1n) is 5.72. The topological polar surface area (TPSA) is 42.4 Å². The average molecular weight is 282 g/mol. The highest BCUT2D eigenvalue weighted by Crippen LogP contribution is 2.29. The van der Waals surface area contributed by atoms with Crippen molar-refractivity contribution >= 4 is 11.6 Å². The van der Waals surface area contributed by atoms with E-state index in [1.165, 1.54) is 19.4 Å². The van der Waals surface area contributed by atoms with E-state index >= 15 is 0 Å². The average Bonchev–Trinajstić information content (AvgIpc) is 2.43. The zero-order chi connectivity index (χ0) is 13.8. The first-order chi connectivity index (χ1) is 9.13. The van der Waals surface area contributed by atoms with Crippen molar-refractivity contribution < 1.29 is 14.2 Å². The summed E-state index contributed by atoms with van der Waals surface area (Å²) in [6, 6.07) is 6.19. The van der Waals surface area contributed by atoms with E-state index in [2.05, 4.69) is 4.98 Å². The van der Waals surface area contributed by atoms with Crippen molar-refractivity contribution in [2.24, 2.45) is 0 Å². The number of nitrogens with zero attached hydrogens (tertiary/aromatic N) is 1. The second-order valence-corrected chi connectivity index (χ2v) is 4.43. The summed E-state index contributed by atoms with van der Waals surface area (Å²) >= 11 is 5.87. The van der Waals surface area contributed by atoms with E-state index in [0.29, 0.717) is 16.9 Å². The monoisotopic (exact) mass is 281 g/mol. The minimum absolute atomic E-state index is 0.0366. The van der Waals surface area contributed by atoms with Gasteiger partial charge in [0.05, 0.1) is 24.4 Å². The highest BCUT2D eigenvalue weighted by molar-refractivity contribution is 6.31. The molecule has 1 aromatic carbocycles. The summed E-state index contributed by atoms with van der Waals surface area (Å²) in [4.78, 5) is 3.92. The van der Waals surface area contributed by atoms with Crippen molar-refractivity contribution in [2.45, 2.75) is 12.5 Å². The molecule has 1 unspecified atom stereocenters. The molecule has 1 heterocycles. The van der Waals surface area contributed by atoms with E-state index in [4.69, 9.17) is 16.3 Å². The fourth-order valence-electron chi connectivity index (χ4n) is 1.86. The van der Waals surface area contributed by atoms with Gasteiger partial charge in [0.15, 0.2) is 0 Å². The number of aliphatic hydroxyl groups excluding tert-OH is 1. The molecule has 19 heavy (non-hydrogen) atoms. The van der Waals surface area contributed by atoms with Gasteiger partial charge in [-0.05, 0) is 17.7 Å². The molecule has 0 radical (unpaired) electrons. The van der Waals surface area contributed by atoms with Gasteiger partial charge in [-0.1, -0.05) is 23.7 Å². The van der Waals surface area contributed by atoms with Gasteiger partial charge in [-0.15, -0.1) is 0 Å². The van der Waals surface area contributed by atoms with Crippen molar-refractivity contribution in [3.8, 4) is 5.75 Å². The number of hydrogen-bond acceptors (Lipinski definition) is 3. The van der Waals surface area contributed by atoms with Gasteiger partial charge in [-0.3, -0.25) is 4.98 Å². The van der Waals surface area contributed by atoms with Crippen molar-refractivity contribution in [3.05, 3.63) is 58.6 Å². The van der Waals surface area contributed by atoms with E-state index in [0.717, 1.165) is 0 Å². The van der Waals surface area contributed by atoms with Gasteiger partial charge in [0.2, 0.25) is 0 Å². The maximum absolute atomic E-state index is 13.3. The minimum atomic E-state index is -0.836. The summed E-state index contributed by atoms with van der Waals surface area (Å²) in [6.07, 6.45) is 2.45. The van der Waals surface area contributed by atoms with E-state index < -0.39 is 11.9 Å². The van der Waals surface area contributed by atoms with Crippen LogP contribution >= 0.6 is 11.6 Å². The molecule has 0 bridgehead atoms. The lowest BCUT2D eigenvalue weighted by atomic mass is 10.0. The Morgan fingerprint density at radius 1 is 1.42 bits per heavy atom. The molecule has 0 saturated heterocycles. The number of rotatable bonds is 4. The summed E-state index contributed by atoms with van der Waals surface area (Å²) in [7, 11) is 1.50. The second kappa shape index (κ2) is 5.99. The number of pyridine rings is 1. The Kier molecular flexibility index (Phi) is 4.35. The highest BCUT2D eigenvalue weighted by Gasteiger charge is 2.16. The third-order valence-electron chi connectivity index (χ3n) is 2.84. The molecule has 100 valence electrons. The Labute approximate surface area is 115 Å².